The summed E-state index contributed by atoms with van der Waals surface area (Å²) in [5.41, 5.74) is 3.38. The molecule has 2 nitrogen and oxygen atoms in total. The van der Waals surface area contributed by atoms with E-state index in [0.717, 1.165) is 29.1 Å². The number of benzene rings is 1. The third kappa shape index (κ3) is 2.69. The summed E-state index contributed by atoms with van der Waals surface area (Å²) in [7, 11) is 0. The van der Waals surface area contributed by atoms with E-state index in [1.165, 1.54) is 5.56 Å². The Labute approximate surface area is 119 Å². The number of hydrogen-bond donors (Lipinski definition) is 0. The van der Waals surface area contributed by atoms with Crippen LogP contribution in [0.4, 0.5) is 0 Å². The molecule has 2 heterocycles. The summed E-state index contributed by atoms with van der Waals surface area (Å²) in [6.07, 6.45) is 4.32. The summed E-state index contributed by atoms with van der Waals surface area (Å²) in [6.45, 7) is 6.19. The van der Waals surface area contributed by atoms with Crippen LogP contribution in [0, 0.1) is 12.8 Å². The van der Waals surface area contributed by atoms with Gasteiger partial charge < -0.3 is 8.83 Å². The predicted octanol–water partition coefficient (Wildman–Crippen LogP) is 5.22. The monoisotopic (exact) mass is 265 g/mol. The molecule has 3 rings (SSSR count). The van der Waals surface area contributed by atoms with Gasteiger partial charge >= 0.3 is 0 Å². The van der Waals surface area contributed by atoms with Crippen LogP contribution in [0.1, 0.15) is 12.5 Å². The number of furan rings is 2. The molecule has 1 aromatic carbocycles. The summed E-state index contributed by atoms with van der Waals surface area (Å²) in [6, 6.07) is 14.2. The molecule has 0 aliphatic heterocycles. The fourth-order valence-corrected chi connectivity index (χ4v) is 2.38. The van der Waals surface area contributed by atoms with Crippen LogP contribution >= 0.6 is 0 Å². The topological polar surface area (TPSA) is 26.3 Å². The average Bonchev–Trinajstić information content (AvgIpc) is 3.11. The van der Waals surface area contributed by atoms with Gasteiger partial charge in [0.25, 0.3) is 0 Å². The molecular formula is C18H17O2. The molecule has 1 radical (unpaired) electrons. The van der Waals surface area contributed by atoms with E-state index in [4.69, 9.17) is 8.83 Å². The van der Waals surface area contributed by atoms with Gasteiger partial charge in [0.1, 0.15) is 11.5 Å². The van der Waals surface area contributed by atoms with E-state index in [9.17, 15) is 0 Å². The lowest BCUT2D eigenvalue weighted by atomic mass is 9.96. The quantitative estimate of drug-likeness (QED) is 0.646. The molecule has 0 unspecified atom stereocenters. The first kappa shape index (κ1) is 12.8. The summed E-state index contributed by atoms with van der Waals surface area (Å²) in [5.74, 6) is 2.11. The molecule has 0 amide bonds. The van der Waals surface area contributed by atoms with E-state index in [-0.39, 0.29) is 0 Å². The smallest absolute Gasteiger partial charge is 0.133 e. The Kier molecular flexibility index (Phi) is 3.46. The van der Waals surface area contributed by atoms with Gasteiger partial charge in [-0.2, -0.15) is 0 Å². The lowest BCUT2D eigenvalue weighted by Crippen LogP contribution is -1.95. The third-order valence-corrected chi connectivity index (χ3v) is 3.19. The highest BCUT2D eigenvalue weighted by atomic mass is 16.3. The minimum absolute atomic E-state index is 0.367. The zero-order chi connectivity index (χ0) is 13.9. The molecule has 101 valence electrons. The zero-order valence-corrected chi connectivity index (χ0v) is 11.5. The highest BCUT2D eigenvalue weighted by molar-refractivity contribution is 5.69. The Hall–Kier alpha value is -2.22. The van der Waals surface area contributed by atoms with Crippen LogP contribution in [0.5, 0.6) is 0 Å². The largest absolute Gasteiger partial charge is 0.464 e. The van der Waals surface area contributed by atoms with Crippen molar-refractivity contribution in [3.8, 4) is 22.6 Å². The molecular weight excluding hydrogens is 248 g/mol. The van der Waals surface area contributed by atoms with Crippen LogP contribution in [0.3, 0.4) is 0 Å². The van der Waals surface area contributed by atoms with Crippen molar-refractivity contribution in [1.82, 2.24) is 0 Å². The standard InChI is InChI=1S/C18H17O2/c1-13(2)9-14-10-15(17-5-3-7-19-17)12-16(11-14)18-6-4-8-20-18/h3-8,10-13H,1,9H2,2H3/t13-/m0/s1. The van der Waals surface area contributed by atoms with Crippen LogP contribution in [0.25, 0.3) is 22.6 Å². The summed E-state index contributed by atoms with van der Waals surface area (Å²) in [4.78, 5) is 0. The number of hydrogen-bond acceptors (Lipinski definition) is 2. The van der Waals surface area contributed by atoms with Crippen molar-refractivity contribution in [3.05, 3.63) is 67.5 Å². The van der Waals surface area contributed by atoms with Crippen molar-refractivity contribution < 1.29 is 8.83 Å². The normalized spacial score (nSPS) is 11.2. The van der Waals surface area contributed by atoms with Crippen molar-refractivity contribution in [1.29, 1.82) is 0 Å². The summed E-state index contributed by atoms with van der Waals surface area (Å²) < 4.78 is 11.0. The van der Waals surface area contributed by atoms with Gasteiger partial charge in [0.05, 0.1) is 12.5 Å². The molecule has 0 spiro atoms. The van der Waals surface area contributed by atoms with E-state index in [0.29, 0.717) is 5.92 Å². The Balaban J connectivity index is 2.08. The van der Waals surface area contributed by atoms with Crippen molar-refractivity contribution in [2.24, 2.45) is 5.92 Å². The van der Waals surface area contributed by atoms with E-state index < -0.39 is 0 Å². The predicted molar refractivity (Wildman–Crippen MR) is 80.1 cm³/mol. The van der Waals surface area contributed by atoms with Gasteiger partial charge in [-0.1, -0.05) is 13.8 Å². The third-order valence-electron chi connectivity index (χ3n) is 3.19. The van der Waals surface area contributed by atoms with Crippen molar-refractivity contribution >= 4 is 0 Å². The summed E-state index contributed by atoms with van der Waals surface area (Å²) in [5, 5.41) is 0. The van der Waals surface area contributed by atoms with Crippen molar-refractivity contribution in [2.45, 2.75) is 13.3 Å². The second-order valence-electron chi connectivity index (χ2n) is 5.18. The van der Waals surface area contributed by atoms with Gasteiger partial charge in [0, 0.05) is 11.1 Å². The van der Waals surface area contributed by atoms with E-state index >= 15 is 0 Å². The van der Waals surface area contributed by atoms with Crippen LogP contribution in [0.15, 0.2) is 63.8 Å². The molecule has 0 saturated carbocycles. The van der Waals surface area contributed by atoms with E-state index in [1.54, 1.807) is 12.5 Å². The van der Waals surface area contributed by atoms with Gasteiger partial charge in [0.15, 0.2) is 0 Å². The molecule has 20 heavy (non-hydrogen) atoms. The van der Waals surface area contributed by atoms with Crippen LogP contribution in [-0.4, -0.2) is 0 Å². The first-order valence-corrected chi connectivity index (χ1v) is 6.77. The average molecular weight is 265 g/mol. The molecule has 0 saturated heterocycles. The van der Waals surface area contributed by atoms with Crippen LogP contribution < -0.4 is 0 Å². The minimum Gasteiger partial charge on any atom is -0.464 e. The summed E-state index contributed by atoms with van der Waals surface area (Å²) >= 11 is 0. The zero-order valence-electron chi connectivity index (χ0n) is 11.5. The Morgan fingerprint density at radius 2 is 1.50 bits per heavy atom. The number of rotatable bonds is 4. The maximum atomic E-state index is 5.51. The highest BCUT2D eigenvalue weighted by Crippen LogP contribution is 2.29. The molecule has 3 aromatic rings. The Morgan fingerprint density at radius 1 is 0.950 bits per heavy atom. The molecule has 0 aliphatic carbocycles. The van der Waals surface area contributed by atoms with Crippen molar-refractivity contribution in [2.75, 3.05) is 0 Å². The first-order valence-electron chi connectivity index (χ1n) is 6.77. The fraction of sp³-hybridized carbons (Fsp3) is 0.167. The van der Waals surface area contributed by atoms with E-state index in [1.807, 2.05) is 24.3 Å². The second kappa shape index (κ2) is 5.41. The van der Waals surface area contributed by atoms with E-state index in [2.05, 4.69) is 32.0 Å². The SMILES string of the molecule is [CH2][C@@H](C)Cc1cc(-c2ccco2)cc(-c2ccco2)c1. The lowest BCUT2D eigenvalue weighted by Gasteiger charge is -2.09. The second-order valence-corrected chi connectivity index (χ2v) is 5.18. The Morgan fingerprint density at radius 3 is 1.90 bits per heavy atom. The van der Waals surface area contributed by atoms with Gasteiger partial charge in [-0.05, 0) is 60.4 Å². The molecule has 0 fully saturated rings. The fourth-order valence-electron chi connectivity index (χ4n) is 2.38. The Bertz CT molecular complexity index is 609. The maximum Gasteiger partial charge on any atom is 0.133 e. The first-order chi connectivity index (χ1) is 9.72. The molecule has 0 bridgehead atoms. The molecule has 2 heteroatoms. The minimum atomic E-state index is 0.367. The van der Waals surface area contributed by atoms with Gasteiger partial charge in [-0.15, -0.1) is 0 Å². The van der Waals surface area contributed by atoms with Crippen LogP contribution in [0.2, 0.25) is 0 Å². The van der Waals surface area contributed by atoms with Gasteiger partial charge in [0.2, 0.25) is 0 Å². The maximum absolute atomic E-state index is 5.51. The van der Waals surface area contributed by atoms with Crippen molar-refractivity contribution in [3.63, 3.8) is 0 Å². The van der Waals surface area contributed by atoms with Gasteiger partial charge in [-0.25, -0.2) is 0 Å². The van der Waals surface area contributed by atoms with Crippen LogP contribution in [-0.2, 0) is 6.42 Å². The molecule has 2 aromatic heterocycles. The molecule has 0 N–H and O–H groups in total. The lowest BCUT2D eigenvalue weighted by molar-refractivity contribution is 0.580. The molecule has 0 aliphatic rings. The highest BCUT2D eigenvalue weighted by Gasteiger charge is 2.09. The molecule has 1 atom stereocenters. The van der Waals surface area contributed by atoms with Gasteiger partial charge in [-0.3, -0.25) is 0 Å².